The molecular weight excluding hydrogens is 192 g/mol. The molecule has 2 aliphatic rings. The van der Waals surface area contributed by atoms with Gasteiger partial charge < -0.3 is 16.2 Å². The SMILES string of the molecule is NC(=O)[C@@H]1C[C@@](O)(C2C=CC=CC2)CN1. The molecule has 2 rings (SSSR count). The van der Waals surface area contributed by atoms with Crippen LogP contribution in [0.3, 0.4) is 0 Å². The van der Waals surface area contributed by atoms with Gasteiger partial charge in [0.05, 0.1) is 11.6 Å². The largest absolute Gasteiger partial charge is 0.388 e. The van der Waals surface area contributed by atoms with Crippen LogP contribution in [0.4, 0.5) is 0 Å². The maximum absolute atomic E-state index is 11.0. The quantitative estimate of drug-likeness (QED) is 0.583. The third-order valence-electron chi connectivity index (χ3n) is 3.23. The number of hydrogen-bond donors (Lipinski definition) is 3. The Morgan fingerprint density at radius 2 is 2.33 bits per heavy atom. The lowest BCUT2D eigenvalue weighted by Crippen LogP contribution is -2.39. The summed E-state index contributed by atoms with van der Waals surface area (Å²) < 4.78 is 0. The Balaban J connectivity index is 2.06. The number of carbonyl (C=O) groups is 1. The molecule has 0 spiro atoms. The molecule has 4 N–H and O–H groups in total. The van der Waals surface area contributed by atoms with E-state index in [9.17, 15) is 9.90 Å². The second kappa shape index (κ2) is 3.79. The summed E-state index contributed by atoms with van der Waals surface area (Å²) in [5.41, 5.74) is 4.37. The monoisotopic (exact) mass is 208 g/mol. The molecule has 15 heavy (non-hydrogen) atoms. The number of nitrogens with one attached hydrogen (secondary N) is 1. The molecular formula is C11H16N2O2. The average Bonchev–Trinajstić information content (AvgIpc) is 2.64. The van der Waals surface area contributed by atoms with E-state index in [4.69, 9.17) is 5.73 Å². The van der Waals surface area contributed by atoms with Crippen LogP contribution in [-0.4, -0.2) is 29.2 Å². The highest BCUT2D eigenvalue weighted by atomic mass is 16.3. The first-order valence-electron chi connectivity index (χ1n) is 5.20. The lowest BCUT2D eigenvalue weighted by molar-refractivity contribution is -0.120. The summed E-state index contributed by atoms with van der Waals surface area (Å²) in [5, 5.41) is 13.3. The van der Waals surface area contributed by atoms with E-state index in [1.807, 2.05) is 24.3 Å². The van der Waals surface area contributed by atoms with Crippen LogP contribution in [0, 0.1) is 5.92 Å². The van der Waals surface area contributed by atoms with Gasteiger partial charge in [-0.3, -0.25) is 4.79 Å². The van der Waals surface area contributed by atoms with E-state index in [0.717, 1.165) is 6.42 Å². The Kier molecular flexibility index (Phi) is 2.63. The topological polar surface area (TPSA) is 75.4 Å². The van der Waals surface area contributed by atoms with Crippen LogP contribution in [0.1, 0.15) is 12.8 Å². The highest BCUT2D eigenvalue weighted by Crippen LogP contribution is 2.32. The smallest absolute Gasteiger partial charge is 0.234 e. The fourth-order valence-electron chi connectivity index (χ4n) is 2.26. The lowest BCUT2D eigenvalue weighted by atomic mass is 9.81. The Bertz CT molecular complexity index is 325. The first-order valence-corrected chi connectivity index (χ1v) is 5.20. The minimum Gasteiger partial charge on any atom is -0.388 e. The van der Waals surface area contributed by atoms with E-state index in [1.54, 1.807) is 0 Å². The van der Waals surface area contributed by atoms with Gasteiger partial charge in [-0.1, -0.05) is 24.3 Å². The molecule has 1 amide bonds. The Morgan fingerprint density at radius 3 is 2.87 bits per heavy atom. The van der Waals surface area contributed by atoms with Crippen LogP contribution in [0.25, 0.3) is 0 Å². The summed E-state index contributed by atoms with van der Waals surface area (Å²) in [6.07, 6.45) is 9.15. The summed E-state index contributed by atoms with van der Waals surface area (Å²) in [7, 11) is 0. The van der Waals surface area contributed by atoms with Gasteiger partial charge in [-0.25, -0.2) is 0 Å². The number of nitrogens with two attached hydrogens (primary N) is 1. The second-order valence-electron chi connectivity index (χ2n) is 4.30. The van der Waals surface area contributed by atoms with Crippen molar-refractivity contribution in [1.82, 2.24) is 5.32 Å². The number of aliphatic hydroxyl groups is 1. The van der Waals surface area contributed by atoms with Crippen molar-refractivity contribution in [2.24, 2.45) is 11.7 Å². The van der Waals surface area contributed by atoms with Crippen molar-refractivity contribution >= 4 is 5.91 Å². The minimum atomic E-state index is -0.832. The number of rotatable bonds is 2. The van der Waals surface area contributed by atoms with Crippen molar-refractivity contribution in [3.05, 3.63) is 24.3 Å². The molecule has 1 heterocycles. The van der Waals surface area contributed by atoms with Crippen LogP contribution in [0.15, 0.2) is 24.3 Å². The summed E-state index contributed by atoms with van der Waals surface area (Å²) in [5.74, 6) is -0.305. The van der Waals surface area contributed by atoms with Gasteiger partial charge >= 0.3 is 0 Å². The molecule has 1 unspecified atom stereocenters. The molecule has 4 heteroatoms. The molecule has 0 aromatic rings. The maximum Gasteiger partial charge on any atom is 0.234 e. The molecule has 4 nitrogen and oxygen atoms in total. The number of amides is 1. The van der Waals surface area contributed by atoms with Crippen molar-refractivity contribution < 1.29 is 9.90 Å². The van der Waals surface area contributed by atoms with Gasteiger partial charge in [0, 0.05) is 18.9 Å². The molecule has 0 radical (unpaired) electrons. The van der Waals surface area contributed by atoms with Crippen molar-refractivity contribution in [1.29, 1.82) is 0 Å². The van der Waals surface area contributed by atoms with Crippen LogP contribution in [0.2, 0.25) is 0 Å². The zero-order valence-corrected chi connectivity index (χ0v) is 8.52. The fourth-order valence-corrected chi connectivity index (χ4v) is 2.26. The number of allylic oxidation sites excluding steroid dienone is 3. The number of β-amino-alcohol motifs (C(OH)–C–C–N with tert-alkyl or cyclic N) is 1. The predicted molar refractivity (Wildman–Crippen MR) is 56.9 cm³/mol. The van der Waals surface area contributed by atoms with Crippen molar-refractivity contribution in [2.75, 3.05) is 6.54 Å². The highest BCUT2D eigenvalue weighted by Gasteiger charge is 2.43. The maximum atomic E-state index is 11.0. The fraction of sp³-hybridized carbons (Fsp3) is 0.545. The molecule has 0 aromatic carbocycles. The summed E-state index contributed by atoms with van der Waals surface area (Å²) in [6, 6.07) is -0.394. The normalized spacial score (nSPS) is 39.5. The molecule has 82 valence electrons. The molecule has 1 fully saturated rings. The average molecular weight is 208 g/mol. The van der Waals surface area contributed by atoms with Crippen LogP contribution in [0.5, 0.6) is 0 Å². The zero-order chi connectivity index (χ0) is 10.9. The molecule has 1 saturated heterocycles. The minimum absolute atomic E-state index is 0.0827. The van der Waals surface area contributed by atoms with E-state index in [0.29, 0.717) is 13.0 Å². The Labute approximate surface area is 88.8 Å². The van der Waals surface area contributed by atoms with Gasteiger partial charge in [0.1, 0.15) is 0 Å². The van der Waals surface area contributed by atoms with Crippen molar-refractivity contribution in [3.8, 4) is 0 Å². The summed E-state index contributed by atoms with van der Waals surface area (Å²) in [6.45, 7) is 0.434. The van der Waals surface area contributed by atoms with Gasteiger partial charge in [0.2, 0.25) is 5.91 Å². The van der Waals surface area contributed by atoms with Gasteiger partial charge in [-0.15, -0.1) is 0 Å². The number of hydrogen-bond acceptors (Lipinski definition) is 3. The van der Waals surface area contributed by atoms with Gasteiger partial charge in [-0.2, -0.15) is 0 Å². The van der Waals surface area contributed by atoms with Gasteiger partial charge in [-0.05, 0) is 6.42 Å². The third kappa shape index (κ3) is 1.96. The summed E-state index contributed by atoms with van der Waals surface area (Å²) in [4.78, 5) is 11.0. The van der Waals surface area contributed by atoms with E-state index < -0.39 is 11.6 Å². The Hall–Kier alpha value is -1.13. The molecule has 0 aromatic heterocycles. The molecule has 0 saturated carbocycles. The van der Waals surface area contributed by atoms with Crippen LogP contribution >= 0.6 is 0 Å². The lowest BCUT2D eigenvalue weighted by Gasteiger charge is -2.30. The Morgan fingerprint density at radius 1 is 1.53 bits per heavy atom. The number of carbonyl (C=O) groups excluding carboxylic acids is 1. The standard InChI is InChI=1S/C11H16N2O2/c12-10(14)9-6-11(15,7-13-9)8-4-2-1-3-5-8/h1-4,8-9,13,15H,5-7H2,(H2,12,14)/t8?,9-,11-/m0/s1. The van der Waals surface area contributed by atoms with Crippen molar-refractivity contribution in [3.63, 3.8) is 0 Å². The van der Waals surface area contributed by atoms with Crippen LogP contribution < -0.4 is 11.1 Å². The highest BCUT2D eigenvalue weighted by molar-refractivity contribution is 5.80. The predicted octanol–water partition coefficient (Wildman–Crippen LogP) is -0.303. The van der Waals surface area contributed by atoms with E-state index in [2.05, 4.69) is 5.32 Å². The van der Waals surface area contributed by atoms with E-state index >= 15 is 0 Å². The third-order valence-corrected chi connectivity index (χ3v) is 3.23. The molecule has 1 aliphatic heterocycles. The first kappa shape index (κ1) is 10.4. The van der Waals surface area contributed by atoms with Gasteiger partial charge in [0.25, 0.3) is 0 Å². The number of primary amides is 1. The molecule has 1 aliphatic carbocycles. The summed E-state index contributed by atoms with van der Waals surface area (Å²) >= 11 is 0. The second-order valence-corrected chi connectivity index (χ2v) is 4.30. The molecule has 0 bridgehead atoms. The zero-order valence-electron chi connectivity index (χ0n) is 8.52. The van der Waals surface area contributed by atoms with Crippen molar-refractivity contribution in [2.45, 2.75) is 24.5 Å². The van der Waals surface area contributed by atoms with E-state index in [-0.39, 0.29) is 11.8 Å². The molecule has 3 atom stereocenters. The van der Waals surface area contributed by atoms with Gasteiger partial charge in [0.15, 0.2) is 0 Å². The first-order chi connectivity index (χ1) is 7.12. The van der Waals surface area contributed by atoms with Crippen LogP contribution in [-0.2, 0) is 4.79 Å². The van der Waals surface area contributed by atoms with E-state index in [1.165, 1.54) is 0 Å².